The summed E-state index contributed by atoms with van der Waals surface area (Å²) < 4.78 is 0. The Morgan fingerprint density at radius 3 is 2.88 bits per heavy atom. The fourth-order valence-electron chi connectivity index (χ4n) is 2.78. The number of aromatic nitrogens is 1. The predicted molar refractivity (Wildman–Crippen MR) is 106 cm³/mol. The maximum Gasteiger partial charge on any atom is 0.212 e. The zero-order valence-electron chi connectivity index (χ0n) is 14.2. The number of benzene rings is 1. The first-order valence-corrected chi connectivity index (χ1v) is 8.80. The molecule has 1 aliphatic carbocycles. The maximum absolute atomic E-state index is 12.8. The number of hydrogen-bond donors (Lipinski definition) is 1. The van der Waals surface area contributed by atoms with Crippen molar-refractivity contribution in [3.8, 4) is 0 Å². The second kappa shape index (κ2) is 6.27. The molecule has 0 saturated heterocycles. The molecule has 0 atom stereocenters. The van der Waals surface area contributed by atoms with Crippen LogP contribution in [0.5, 0.6) is 0 Å². The lowest BCUT2D eigenvalue weighted by molar-refractivity contribution is 0.104. The van der Waals surface area contributed by atoms with E-state index < -0.39 is 0 Å². The van der Waals surface area contributed by atoms with Crippen molar-refractivity contribution in [1.82, 2.24) is 4.98 Å². The molecule has 0 fully saturated rings. The molecule has 0 amide bonds. The summed E-state index contributed by atoms with van der Waals surface area (Å²) in [5.74, 6) is 0.0733. The van der Waals surface area contributed by atoms with Gasteiger partial charge in [-0.3, -0.25) is 4.79 Å². The van der Waals surface area contributed by atoms with Crippen LogP contribution >= 0.6 is 11.3 Å². The predicted octanol–water partition coefficient (Wildman–Crippen LogP) is 3.58. The zero-order valence-corrected chi connectivity index (χ0v) is 15.0. The number of hydrogen-bond acceptors (Lipinski definition) is 7. The van der Waals surface area contributed by atoms with Crippen molar-refractivity contribution in [2.75, 3.05) is 5.73 Å². The van der Waals surface area contributed by atoms with E-state index in [9.17, 15) is 4.79 Å². The Balaban J connectivity index is 1.66. The highest BCUT2D eigenvalue weighted by molar-refractivity contribution is 7.18. The molecule has 2 aromatic rings. The Hall–Kier alpha value is -3.19. The van der Waals surface area contributed by atoms with E-state index >= 15 is 0 Å². The van der Waals surface area contributed by atoms with E-state index in [0.29, 0.717) is 21.3 Å². The topological polar surface area (TPSA) is 93.1 Å². The van der Waals surface area contributed by atoms with Gasteiger partial charge in [0.2, 0.25) is 10.9 Å². The van der Waals surface area contributed by atoms with E-state index in [-0.39, 0.29) is 11.6 Å². The summed E-state index contributed by atoms with van der Waals surface area (Å²) in [6.45, 7) is 3.91. The van der Waals surface area contributed by atoms with E-state index in [0.717, 1.165) is 22.5 Å². The molecule has 0 bridgehead atoms. The van der Waals surface area contributed by atoms with Gasteiger partial charge in [-0.15, -0.1) is 0 Å². The van der Waals surface area contributed by atoms with Crippen molar-refractivity contribution < 1.29 is 4.79 Å². The fourth-order valence-corrected chi connectivity index (χ4v) is 3.61. The molecule has 4 rings (SSSR count). The lowest BCUT2D eigenvalue weighted by atomic mass is 10.0. The van der Waals surface area contributed by atoms with E-state index in [4.69, 9.17) is 5.73 Å². The summed E-state index contributed by atoms with van der Waals surface area (Å²) >= 11 is 1.19. The highest BCUT2D eigenvalue weighted by atomic mass is 32.1. The molecule has 1 aromatic heterocycles. The van der Waals surface area contributed by atoms with Crippen LogP contribution in [0.3, 0.4) is 0 Å². The molecule has 0 spiro atoms. The molecule has 0 radical (unpaired) electrons. The minimum atomic E-state index is -0.128. The summed E-state index contributed by atoms with van der Waals surface area (Å²) in [5, 5.41) is 0.439. The third-order valence-corrected chi connectivity index (χ3v) is 5.02. The van der Waals surface area contributed by atoms with Gasteiger partial charge in [-0.05, 0) is 37.6 Å². The highest BCUT2D eigenvalue weighted by Crippen LogP contribution is 2.31. The SMILES string of the molecule is Cc1ccc(C(=O)c2sc(N=C3C=CC4=NC=NC4=C3)nc2N)c(C)c1. The van der Waals surface area contributed by atoms with E-state index in [1.807, 2.05) is 50.3 Å². The number of thiazole rings is 1. The van der Waals surface area contributed by atoms with E-state index in [1.54, 1.807) is 0 Å². The average Bonchev–Trinajstić information content (AvgIpc) is 3.20. The lowest BCUT2D eigenvalue weighted by Gasteiger charge is -2.04. The third kappa shape index (κ3) is 2.93. The third-order valence-electron chi connectivity index (χ3n) is 4.05. The Kier molecular flexibility index (Phi) is 3.93. The first kappa shape index (κ1) is 16.3. The van der Waals surface area contributed by atoms with Crippen molar-refractivity contribution in [3.05, 3.63) is 63.7 Å². The summed E-state index contributed by atoms with van der Waals surface area (Å²) in [6, 6.07) is 5.72. The van der Waals surface area contributed by atoms with Crippen LogP contribution in [0.4, 0.5) is 10.9 Å². The average molecular weight is 361 g/mol. The van der Waals surface area contributed by atoms with Crippen molar-refractivity contribution in [1.29, 1.82) is 0 Å². The molecule has 2 aliphatic rings. The fraction of sp³-hybridized carbons (Fsp3) is 0.105. The standard InChI is InChI=1S/C19H15N5OS/c1-10-3-5-13(11(2)7-10)16(25)17-18(20)24-19(26-17)23-12-4-6-14-15(8-12)22-9-21-14/h3-9H,20H2,1-2H3. The van der Waals surface area contributed by atoms with Crippen molar-refractivity contribution in [2.45, 2.75) is 13.8 Å². The van der Waals surface area contributed by atoms with Gasteiger partial charge >= 0.3 is 0 Å². The van der Waals surface area contributed by atoms with Gasteiger partial charge < -0.3 is 5.73 Å². The maximum atomic E-state index is 12.8. The van der Waals surface area contributed by atoms with Crippen LogP contribution in [0.2, 0.25) is 0 Å². The van der Waals surface area contributed by atoms with Crippen LogP contribution in [-0.2, 0) is 0 Å². The van der Waals surface area contributed by atoms with Crippen molar-refractivity contribution in [3.63, 3.8) is 0 Å². The van der Waals surface area contributed by atoms with Crippen molar-refractivity contribution >= 4 is 45.8 Å². The number of ketones is 1. The van der Waals surface area contributed by atoms with Gasteiger partial charge in [-0.25, -0.2) is 20.0 Å². The largest absolute Gasteiger partial charge is 0.382 e. The number of anilines is 1. The Morgan fingerprint density at radius 1 is 1.23 bits per heavy atom. The summed E-state index contributed by atoms with van der Waals surface area (Å²) in [5.41, 5.74) is 10.9. The molecular formula is C19H15N5OS. The number of carbonyl (C=O) groups excluding carboxylic acids is 1. The van der Waals surface area contributed by atoms with Gasteiger partial charge in [0, 0.05) is 5.56 Å². The summed E-state index contributed by atoms with van der Waals surface area (Å²) in [4.78, 5) is 30.2. The highest BCUT2D eigenvalue weighted by Gasteiger charge is 2.20. The number of nitrogen functional groups attached to an aromatic ring is 1. The number of aliphatic imine (C=N–C) groups is 3. The number of rotatable bonds is 3. The number of carbonyl (C=O) groups is 1. The first-order chi connectivity index (χ1) is 12.5. The van der Waals surface area contributed by atoms with Gasteiger partial charge in [-0.1, -0.05) is 35.1 Å². The Bertz CT molecular complexity index is 1090. The van der Waals surface area contributed by atoms with Gasteiger partial charge in [0.1, 0.15) is 17.0 Å². The Morgan fingerprint density at radius 2 is 2.08 bits per heavy atom. The minimum absolute atomic E-state index is 0.128. The van der Waals surface area contributed by atoms with E-state index in [2.05, 4.69) is 20.0 Å². The molecule has 2 heterocycles. The molecular weight excluding hydrogens is 346 g/mol. The molecule has 128 valence electrons. The zero-order chi connectivity index (χ0) is 18.3. The monoisotopic (exact) mass is 361 g/mol. The number of aryl methyl sites for hydroxylation is 2. The van der Waals surface area contributed by atoms with Gasteiger partial charge in [0.05, 0.1) is 17.1 Å². The second-order valence-corrected chi connectivity index (χ2v) is 6.99. The smallest absolute Gasteiger partial charge is 0.212 e. The number of allylic oxidation sites excluding steroid dienone is 3. The van der Waals surface area contributed by atoms with Crippen LogP contribution in [-0.4, -0.2) is 28.5 Å². The number of fused-ring (bicyclic) bond motifs is 1. The quantitative estimate of drug-likeness (QED) is 0.669. The van der Waals surface area contributed by atoms with Crippen molar-refractivity contribution in [2.24, 2.45) is 15.0 Å². The van der Waals surface area contributed by atoms with Gasteiger partial charge in [0.15, 0.2) is 0 Å². The lowest BCUT2D eigenvalue weighted by Crippen LogP contribution is -2.04. The molecule has 0 unspecified atom stereocenters. The molecule has 0 saturated carbocycles. The van der Waals surface area contributed by atoms with Gasteiger partial charge in [-0.2, -0.15) is 0 Å². The summed E-state index contributed by atoms with van der Waals surface area (Å²) in [6.07, 6.45) is 7.02. The second-order valence-electron chi connectivity index (χ2n) is 6.02. The molecule has 26 heavy (non-hydrogen) atoms. The minimum Gasteiger partial charge on any atom is -0.382 e. The van der Waals surface area contributed by atoms with Crippen LogP contribution in [0, 0.1) is 13.8 Å². The van der Waals surface area contributed by atoms with E-state index in [1.165, 1.54) is 17.7 Å². The molecule has 1 aliphatic heterocycles. The van der Waals surface area contributed by atoms with Gasteiger partial charge in [0.25, 0.3) is 0 Å². The normalized spacial score (nSPS) is 16.6. The van der Waals surface area contributed by atoms with Crippen LogP contribution in [0.1, 0.15) is 26.4 Å². The molecule has 2 N–H and O–H groups in total. The molecule has 6 nitrogen and oxygen atoms in total. The van der Waals surface area contributed by atoms with Crippen LogP contribution in [0.15, 0.2) is 57.1 Å². The molecule has 7 heteroatoms. The summed E-state index contributed by atoms with van der Waals surface area (Å²) in [7, 11) is 0. The molecule has 1 aromatic carbocycles. The number of nitrogens with zero attached hydrogens (tertiary/aromatic N) is 4. The first-order valence-electron chi connectivity index (χ1n) is 7.99. The van der Waals surface area contributed by atoms with Crippen LogP contribution in [0.25, 0.3) is 0 Å². The number of nitrogens with two attached hydrogens (primary N) is 1. The Labute approximate surface area is 154 Å². The van der Waals surface area contributed by atoms with Crippen LogP contribution < -0.4 is 5.73 Å².